The molecule has 2 saturated heterocycles. The van der Waals surface area contributed by atoms with Crippen LogP contribution in [0.5, 0.6) is 0 Å². The summed E-state index contributed by atoms with van der Waals surface area (Å²) in [5.74, 6) is 1.99. The molecule has 0 aromatic rings. The molecular weight excluding hydrogens is 310 g/mol. The molecule has 0 aromatic heterocycles. The number of ether oxygens (including phenoxy) is 1. The van der Waals surface area contributed by atoms with Crippen LogP contribution >= 0.6 is 0 Å². The molecule has 2 aliphatic heterocycles. The second-order valence-corrected chi connectivity index (χ2v) is 10.6. The fourth-order valence-electron chi connectivity index (χ4n) is 9.23. The molecule has 5 saturated carbocycles. The molecule has 0 aromatic carbocycles. The molecule has 5 aliphatic carbocycles. The quantitative estimate of drug-likeness (QED) is 0.683. The van der Waals surface area contributed by atoms with Gasteiger partial charge in [0.05, 0.1) is 12.7 Å². The van der Waals surface area contributed by atoms with Crippen LogP contribution in [0.15, 0.2) is 12.2 Å². The van der Waals surface area contributed by atoms with E-state index in [2.05, 4.69) is 18.4 Å². The molecule has 0 radical (unpaired) electrons. The summed E-state index contributed by atoms with van der Waals surface area (Å²) in [4.78, 5) is 2.69. The Morgan fingerprint density at radius 2 is 2.00 bits per heavy atom. The molecule has 2 heterocycles. The highest BCUT2D eigenvalue weighted by Gasteiger charge is 2.73. The van der Waals surface area contributed by atoms with Crippen molar-refractivity contribution in [3.8, 4) is 0 Å². The fourth-order valence-corrected chi connectivity index (χ4v) is 9.23. The Labute approximate surface area is 151 Å². The molecule has 1 spiro atoms. The van der Waals surface area contributed by atoms with Gasteiger partial charge in [-0.25, -0.2) is 0 Å². The maximum atomic E-state index is 11.3. The molecule has 8 unspecified atom stereocenters. The summed E-state index contributed by atoms with van der Waals surface area (Å²) in [6, 6.07) is 0. The number of fused-ring (bicyclic) bond motifs is 3. The van der Waals surface area contributed by atoms with Crippen LogP contribution < -0.4 is 0 Å². The summed E-state index contributed by atoms with van der Waals surface area (Å²) in [7, 11) is 0. The lowest BCUT2D eigenvalue weighted by Gasteiger charge is -2.73. The van der Waals surface area contributed by atoms with Gasteiger partial charge < -0.3 is 9.84 Å². The minimum absolute atomic E-state index is 0.107. The molecule has 7 aliphatic rings. The highest BCUT2D eigenvalue weighted by molar-refractivity contribution is 5.28. The lowest BCUT2D eigenvalue weighted by molar-refractivity contribution is -0.290. The first-order valence-corrected chi connectivity index (χ1v) is 10.7. The summed E-state index contributed by atoms with van der Waals surface area (Å²) in [5.41, 5.74) is 2.02. The SMILES string of the molecule is C=C1C2CCC3(CCC4C5(C)CCCC4(C4OCCN4C5)C3C2)C1O. The van der Waals surface area contributed by atoms with Gasteiger partial charge in [0.2, 0.25) is 0 Å². The molecule has 0 amide bonds. The third-order valence-corrected chi connectivity index (χ3v) is 10.00. The first-order chi connectivity index (χ1) is 12.0. The number of hydrogen-bond donors (Lipinski definition) is 1. The van der Waals surface area contributed by atoms with Gasteiger partial charge in [-0.2, -0.15) is 0 Å². The smallest absolute Gasteiger partial charge is 0.117 e. The average molecular weight is 344 g/mol. The summed E-state index contributed by atoms with van der Waals surface area (Å²) >= 11 is 0. The maximum Gasteiger partial charge on any atom is 0.117 e. The zero-order valence-corrected chi connectivity index (χ0v) is 15.7. The van der Waals surface area contributed by atoms with Crippen LogP contribution in [0.1, 0.15) is 58.3 Å². The zero-order chi connectivity index (χ0) is 17.0. The van der Waals surface area contributed by atoms with Crippen molar-refractivity contribution in [3.05, 3.63) is 12.2 Å². The van der Waals surface area contributed by atoms with Crippen molar-refractivity contribution < 1.29 is 9.84 Å². The van der Waals surface area contributed by atoms with Crippen molar-refractivity contribution in [2.75, 3.05) is 19.7 Å². The summed E-state index contributed by atoms with van der Waals surface area (Å²) in [6.07, 6.45) is 10.4. The van der Waals surface area contributed by atoms with Crippen LogP contribution in [0.25, 0.3) is 0 Å². The number of piperidine rings is 1. The number of rotatable bonds is 0. The Morgan fingerprint density at radius 3 is 2.88 bits per heavy atom. The zero-order valence-electron chi connectivity index (χ0n) is 15.7. The van der Waals surface area contributed by atoms with E-state index in [-0.39, 0.29) is 11.5 Å². The fraction of sp³-hybridized carbons (Fsp3) is 0.909. The number of aliphatic hydroxyl groups is 1. The molecule has 7 fully saturated rings. The predicted molar refractivity (Wildman–Crippen MR) is 96.8 cm³/mol. The molecule has 25 heavy (non-hydrogen) atoms. The van der Waals surface area contributed by atoms with Gasteiger partial charge in [-0.3, -0.25) is 4.90 Å². The molecule has 138 valence electrons. The van der Waals surface area contributed by atoms with Crippen LogP contribution in [-0.2, 0) is 4.74 Å². The highest BCUT2D eigenvalue weighted by atomic mass is 16.5. The van der Waals surface area contributed by atoms with Crippen LogP contribution in [-0.4, -0.2) is 42.0 Å². The highest BCUT2D eigenvalue weighted by Crippen LogP contribution is 2.75. The van der Waals surface area contributed by atoms with Crippen molar-refractivity contribution in [3.63, 3.8) is 0 Å². The average Bonchev–Trinajstić information content (AvgIpc) is 3.06. The van der Waals surface area contributed by atoms with Crippen molar-refractivity contribution in [1.82, 2.24) is 4.90 Å². The summed E-state index contributed by atoms with van der Waals surface area (Å²) in [6.45, 7) is 10.2. The second-order valence-electron chi connectivity index (χ2n) is 10.6. The van der Waals surface area contributed by atoms with E-state index >= 15 is 0 Å². The molecule has 7 rings (SSSR count). The Balaban J connectivity index is 1.53. The number of hydrogen-bond acceptors (Lipinski definition) is 3. The van der Waals surface area contributed by atoms with Gasteiger partial charge in [-0.05, 0) is 73.7 Å². The minimum Gasteiger partial charge on any atom is -0.388 e. The molecule has 3 nitrogen and oxygen atoms in total. The summed E-state index contributed by atoms with van der Waals surface area (Å²) < 4.78 is 6.49. The van der Waals surface area contributed by atoms with Gasteiger partial charge in [0, 0.05) is 23.9 Å². The first kappa shape index (κ1) is 15.7. The van der Waals surface area contributed by atoms with Crippen molar-refractivity contribution in [2.45, 2.75) is 70.6 Å². The Bertz CT molecular complexity index is 634. The van der Waals surface area contributed by atoms with Crippen LogP contribution in [0, 0.1) is 34.0 Å². The van der Waals surface area contributed by atoms with Gasteiger partial charge >= 0.3 is 0 Å². The molecule has 8 atom stereocenters. The summed E-state index contributed by atoms with van der Waals surface area (Å²) in [5, 5.41) is 11.3. The van der Waals surface area contributed by atoms with E-state index in [0.717, 1.165) is 24.6 Å². The molecule has 1 N–H and O–H groups in total. The van der Waals surface area contributed by atoms with E-state index in [1.165, 1.54) is 57.9 Å². The third kappa shape index (κ3) is 1.62. The molecule has 3 heteroatoms. The lowest BCUT2D eigenvalue weighted by Crippen LogP contribution is -2.73. The number of aliphatic hydroxyl groups excluding tert-OH is 1. The monoisotopic (exact) mass is 343 g/mol. The van der Waals surface area contributed by atoms with Crippen molar-refractivity contribution in [2.24, 2.45) is 34.0 Å². The van der Waals surface area contributed by atoms with E-state index in [1.54, 1.807) is 0 Å². The van der Waals surface area contributed by atoms with E-state index in [9.17, 15) is 5.11 Å². The van der Waals surface area contributed by atoms with Gasteiger partial charge in [-0.15, -0.1) is 0 Å². The van der Waals surface area contributed by atoms with Crippen LogP contribution in [0.2, 0.25) is 0 Å². The van der Waals surface area contributed by atoms with Crippen molar-refractivity contribution >= 4 is 0 Å². The first-order valence-electron chi connectivity index (χ1n) is 10.7. The van der Waals surface area contributed by atoms with E-state index in [4.69, 9.17) is 4.74 Å². The topological polar surface area (TPSA) is 32.7 Å². The van der Waals surface area contributed by atoms with Gasteiger partial charge in [-0.1, -0.05) is 19.9 Å². The van der Waals surface area contributed by atoms with E-state index in [0.29, 0.717) is 28.9 Å². The second kappa shape index (κ2) is 4.72. The Hall–Kier alpha value is -0.380. The lowest BCUT2D eigenvalue weighted by atomic mass is 9.34. The van der Waals surface area contributed by atoms with Gasteiger partial charge in [0.25, 0.3) is 0 Å². The predicted octanol–water partition coefficient (Wildman–Crippen LogP) is 3.58. The van der Waals surface area contributed by atoms with E-state index < -0.39 is 0 Å². The standard InChI is InChI=1S/C22H33NO2/c1-14-15-4-8-21(18(14)24)9-5-16-20(2)6-3-7-22(16,17(21)12-15)19-23(13-20)10-11-25-19/h15-19,24H,1,3-13H2,2H3. The van der Waals surface area contributed by atoms with Crippen LogP contribution in [0.3, 0.4) is 0 Å². The Kier molecular flexibility index (Phi) is 2.95. The largest absolute Gasteiger partial charge is 0.388 e. The van der Waals surface area contributed by atoms with E-state index in [1.807, 2.05) is 0 Å². The van der Waals surface area contributed by atoms with Gasteiger partial charge in [0.15, 0.2) is 0 Å². The maximum absolute atomic E-state index is 11.3. The molecule has 4 bridgehead atoms. The van der Waals surface area contributed by atoms with Crippen LogP contribution in [0.4, 0.5) is 0 Å². The van der Waals surface area contributed by atoms with Crippen molar-refractivity contribution in [1.29, 1.82) is 0 Å². The number of nitrogens with zero attached hydrogens (tertiary/aromatic N) is 1. The van der Waals surface area contributed by atoms with Gasteiger partial charge in [0.1, 0.15) is 6.23 Å². The minimum atomic E-state index is -0.259. The normalized spacial score (nSPS) is 60.1. The molecular formula is C22H33NO2. The third-order valence-electron chi connectivity index (χ3n) is 10.00. The Morgan fingerprint density at radius 1 is 1.16 bits per heavy atom.